The Balaban J connectivity index is 2.84. The van der Waals surface area contributed by atoms with Crippen molar-refractivity contribution in [1.82, 2.24) is 9.97 Å². The first kappa shape index (κ1) is 5.46. The van der Waals surface area contributed by atoms with E-state index in [0.717, 1.165) is 13.1 Å². The highest BCUT2D eigenvalue weighted by molar-refractivity contribution is 4.78. The molecule has 0 spiro atoms. The molecular weight excluding hydrogens is 128 g/mol. The van der Waals surface area contributed by atoms with Crippen LogP contribution < -0.4 is 11.0 Å². The lowest BCUT2D eigenvalue weighted by Crippen LogP contribution is -2.35. The highest BCUT2D eigenvalue weighted by atomic mass is 15.0. The van der Waals surface area contributed by atoms with Gasteiger partial charge < -0.3 is 0 Å². The van der Waals surface area contributed by atoms with Crippen molar-refractivity contribution in [3.63, 3.8) is 0 Å². The molecule has 0 aromatic carbocycles. The van der Waals surface area contributed by atoms with E-state index in [0.29, 0.717) is 11.0 Å². The third-order valence-corrected chi connectivity index (χ3v) is 1.28. The van der Waals surface area contributed by atoms with Crippen molar-refractivity contribution in [2.75, 3.05) is 13.1 Å². The van der Waals surface area contributed by atoms with Gasteiger partial charge in [-0.1, -0.05) is 0 Å². The Labute approximate surface area is 57.4 Å². The molecule has 0 fully saturated rings. The lowest BCUT2D eigenvalue weighted by molar-refractivity contribution is 0.801. The number of hydrogen-bond acceptors (Lipinski definition) is 4. The fraction of sp³-hybridized carbons (Fsp3) is 0.333. The number of hydrogen-bond donors (Lipinski definition) is 0. The highest BCUT2D eigenvalue weighted by Crippen LogP contribution is 1.72. The molecule has 0 bridgehead atoms. The molecule has 50 valence electrons. The lowest BCUT2D eigenvalue weighted by Gasteiger charge is -1.94. The first-order valence-electron chi connectivity index (χ1n) is 3.13. The maximum atomic E-state index is 4.13. The van der Waals surface area contributed by atoms with Gasteiger partial charge >= 0.3 is 0 Å². The van der Waals surface area contributed by atoms with Crippen LogP contribution in [0.1, 0.15) is 0 Å². The van der Waals surface area contributed by atoms with E-state index in [9.17, 15) is 0 Å². The van der Waals surface area contributed by atoms with Crippen LogP contribution in [0.25, 0.3) is 0 Å². The second-order valence-electron chi connectivity index (χ2n) is 1.97. The van der Waals surface area contributed by atoms with Crippen LogP contribution in [0.3, 0.4) is 0 Å². The molecule has 0 saturated heterocycles. The first-order valence-corrected chi connectivity index (χ1v) is 3.13. The largest absolute Gasteiger partial charge is 0.262 e. The second-order valence-corrected chi connectivity index (χ2v) is 1.97. The zero-order chi connectivity index (χ0) is 6.81. The fourth-order valence-electron chi connectivity index (χ4n) is 0.858. The standard InChI is InChI=1S/C6H6N4/c1-2-8-6-5(7-1)9-3-4-10-6/h1-2H,3-4H2. The number of nitrogens with zero attached hydrogens (tertiary/aromatic N) is 4. The average Bonchev–Trinajstić information content (AvgIpc) is 2.05. The Kier molecular flexibility index (Phi) is 1.16. The molecule has 1 aliphatic rings. The smallest absolute Gasteiger partial charge is 0.192 e. The SMILES string of the molecule is c1cnc2c(n1)=NCCN=2. The normalized spacial score (nSPS) is 14.8. The second kappa shape index (κ2) is 2.13. The minimum absolute atomic E-state index is 0.675. The highest BCUT2D eigenvalue weighted by Gasteiger charge is 1.93. The van der Waals surface area contributed by atoms with Gasteiger partial charge in [0.05, 0.1) is 13.1 Å². The Morgan fingerprint density at radius 2 is 1.40 bits per heavy atom. The van der Waals surface area contributed by atoms with E-state index in [-0.39, 0.29) is 0 Å². The Morgan fingerprint density at radius 3 is 1.90 bits per heavy atom. The van der Waals surface area contributed by atoms with E-state index in [2.05, 4.69) is 20.0 Å². The molecule has 0 amide bonds. The van der Waals surface area contributed by atoms with E-state index in [1.807, 2.05) is 0 Å². The molecule has 0 radical (unpaired) electrons. The first-order chi connectivity index (χ1) is 4.97. The maximum absolute atomic E-state index is 4.13. The molecule has 2 heterocycles. The molecule has 1 aromatic rings. The van der Waals surface area contributed by atoms with E-state index >= 15 is 0 Å². The molecule has 0 atom stereocenters. The number of aromatic nitrogens is 2. The quantitative estimate of drug-likeness (QED) is 0.444. The van der Waals surface area contributed by atoms with Crippen molar-refractivity contribution in [3.05, 3.63) is 23.4 Å². The summed E-state index contributed by atoms with van der Waals surface area (Å²) in [6.07, 6.45) is 3.26. The van der Waals surface area contributed by atoms with Gasteiger partial charge in [0.1, 0.15) is 0 Å². The van der Waals surface area contributed by atoms with E-state index in [1.54, 1.807) is 12.4 Å². The van der Waals surface area contributed by atoms with E-state index in [4.69, 9.17) is 0 Å². The van der Waals surface area contributed by atoms with Gasteiger partial charge in [-0.15, -0.1) is 0 Å². The van der Waals surface area contributed by atoms with Crippen molar-refractivity contribution < 1.29 is 0 Å². The predicted octanol–water partition coefficient (Wildman–Crippen LogP) is -1.27. The summed E-state index contributed by atoms with van der Waals surface area (Å²) < 4.78 is 0. The number of fused-ring (bicyclic) bond motifs is 1. The topological polar surface area (TPSA) is 50.5 Å². The predicted molar refractivity (Wildman–Crippen MR) is 34.1 cm³/mol. The van der Waals surface area contributed by atoms with Crippen LogP contribution in [0, 0.1) is 0 Å². The van der Waals surface area contributed by atoms with Crippen LogP contribution in [-0.2, 0) is 0 Å². The molecule has 1 aliphatic heterocycles. The van der Waals surface area contributed by atoms with Gasteiger partial charge in [0.15, 0.2) is 11.0 Å². The zero-order valence-electron chi connectivity index (χ0n) is 5.36. The van der Waals surface area contributed by atoms with Gasteiger partial charge in [-0.2, -0.15) is 0 Å². The van der Waals surface area contributed by atoms with Crippen molar-refractivity contribution in [3.8, 4) is 0 Å². The van der Waals surface area contributed by atoms with Crippen LogP contribution in [0.4, 0.5) is 0 Å². The van der Waals surface area contributed by atoms with Crippen LogP contribution in [0.15, 0.2) is 22.4 Å². The van der Waals surface area contributed by atoms with Crippen molar-refractivity contribution in [1.29, 1.82) is 0 Å². The van der Waals surface area contributed by atoms with Gasteiger partial charge in [-0.25, -0.2) is 9.97 Å². The van der Waals surface area contributed by atoms with Gasteiger partial charge in [-0.3, -0.25) is 9.98 Å². The van der Waals surface area contributed by atoms with Crippen LogP contribution in [-0.4, -0.2) is 23.1 Å². The summed E-state index contributed by atoms with van der Waals surface area (Å²) in [7, 11) is 0. The van der Waals surface area contributed by atoms with Gasteiger partial charge in [0, 0.05) is 12.4 Å². The minimum Gasteiger partial charge on any atom is -0.262 e. The Hall–Kier alpha value is -1.32. The lowest BCUT2D eigenvalue weighted by atomic mass is 10.5. The number of rotatable bonds is 0. The third-order valence-electron chi connectivity index (χ3n) is 1.28. The van der Waals surface area contributed by atoms with Gasteiger partial charge in [-0.05, 0) is 0 Å². The summed E-state index contributed by atoms with van der Waals surface area (Å²) in [5.74, 6) is 0. The maximum Gasteiger partial charge on any atom is 0.192 e. The summed E-state index contributed by atoms with van der Waals surface area (Å²) >= 11 is 0. The van der Waals surface area contributed by atoms with Crippen molar-refractivity contribution >= 4 is 0 Å². The molecule has 2 rings (SSSR count). The molecule has 10 heavy (non-hydrogen) atoms. The molecule has 0 N–H and O–H groups in total. The summed E-state index contributed by atoms with van der Waals surface area (Å²) in [5.41, 5.74) is 1.35. The molecule has 4 heteroatoms. The molecular formula is C6H6N4. The summed E-state index contributed by atoms with van der Waals surface area (Å²) in [6, 6.07) is 0. The van der Waals surface area contributed by atoms with E-state index in [1.165, 1.54) is 0 Å². The minimum atomic E-state index is 0.675. The van der Waals surface area contributed by atoms with Gasteiger partial charge in [0.2, 0.25) is 0 Å². The third kappa shape index (κ3) is 0.775. The zero-order valence-corrected chi connectivity index (χ0v) is 5.36. The monoisotopic (exact) mass is 134 g/mol. The van der Waals surface area contributed by atoms with Crippen molar-refractivity contribution in [2.24, 2.45) is 9.98 Å². The van der Waals surface area contributed by atoms with Crippen LogP contribution in [0.2, 0.25) is 0 Å². The summed E-state index contributed by atoms with van der Waals surface area (Å²) in [5, 5.41) is 0. The molecule has 1 aromatic heterocycles. The summed E-state index contributed by atoms with van der Waals surface area (Å²) in [6.45, 7) is 1.48. The fourth-order valence-corrected chi connectivity index (χ4v) is 0.858. The van der Waals surface area contributed by atoms with Gasteiger partial charge in [0.25, 0.3) is 0 Å². The molecule has 0 aliphatic carbocycles. The Bertz CT molecular complexity index is 308. The van der Waals surface area contributed by atoms with Crippen LogP contribution >= 0.6 is 0 Å². The van der Waals surface area contributed by atoms with Crippen LogP contribution in [0.5, 0.6) is 0 Å². The molecule has 0 unspecified atom stereocenters. The van der Waals surface area contributed by atoms with E-state index < -0.39 is 0 Å². The Morgan fingerprint density at radius 1 is 0.900 bits per heavy atom. The molecule has 4 nitrogen and oxygen atoms in total. The molecule has 0 saturated carbocycles. The summed E-state index contributed by atoms with van der Waals surface area (Å²) in [4.78, 5) is 16.2. The van der Waals surface area contributed by atoms with Crippen molar-refractivity contribution in [2.45, 2.75) is 0 Å². The average molecular weight is 134 g/mol.